The standard InChI is InChI=1S/C34H16F12N2O4/c1-47-26(49)20-9-6-15(12-22(20)27(47)50)30(33(41,42)43,34(44,45)46)16-7-10-21-23(13-16)29(52)48(28(21)51)17-8-11-19(25(14-17)32(38,39)40)18-4-2-3-5-24(18)31(35,36)37/h2-14H,1H3. The van der Waals surface area contributed by atoms with Crippen LogP contribution in [0.1, 0.15) is 63.7 Å². The van der Waals surface area contributed by atoms with E-state index in [2.05, 4.69) is 0 Å². The Bertz CT molecular complexity index is 2200. The van der Waals surface area contributed by atoms with E-state index in [9.17, 15) is 71.9 Å². The molecule has 0 spiro atoms. The third kappa shape index (κ3) is 5.21. The summed E-state index contributed by atoms with van der Waals surface area (Å²) in [6.07, 6.45) is -23.0. The fourth-order valence-corrected chi connectivity index (χ4v) is 6.39. The van der Waals surface area contributed by atoms with Crippen LogP contribution in [0.4, 0.5) is 58.4 Å². The van der Waals surface area contributed by atoms with Gasteiger partial charge in [-0.05, 0) is 64.7 Å². The van der Waals surface area contributed by atoms with E-state index >= 15 is 0 Å². The summed E-state index contributed by atoms with van der Waals surface area (Å²) in [6.45, 7) is 0. The van der Waals surface area contributed by atoms with Gasteiger partial charge < -0.3 is 0 Å². The highest BCUT2D eigenvalue weighted by Crippen LogP contribution is 2.57. The largest absolute Gasteiger partial charge is 0.417 e. The SMILES string of the molecule is CN1C(=O)c2ccc(C(c3ccc4c(c3)C(=O)N(c3ccc(-c5ccccc5C(F)(F)F)c(C(F)(F)F)c3)C4=O)(C(F)(F)F)C(F)(F)F)cc2C1=O. The summed E-state index contributed by atoms with van der Waals surface area (Å²) in [5, 5.41) is 0. The summed E-state index contributed by atoms with van der Waals surface area (Å²) < 4.78 is 173. The molecule has 6 rings (SSSR count). The molecule has 0 unspecified atom stereocenters. The van der Waals surface area contributed by atoms with Crippen molar-refractivity contribution in [2.75, 3.05) is 11.9 Å². The van der Waals surface area contributed by atoms with Gasteiger partial charge in [0.1, 0.15) is 0 Å². The van der Waals surface area contributed by atoms with Crippen molar-refractivity contribution in [3.63, 3.8) is 0 Å². The molecular weight excluding hydrogens is 728 g/mol. The molecule has 6 nitrogen and oxygen atoms in total. The molecule has 2 heterocycles. The molecular formula is C34H16F12N2O4. The first-order chi connectivity index (χ1) is 23.9. The first-order valence-electron chi connectivity index (χ1n) is 14.4. The van der Waals surface area contributed by atoms with Crippen LogP contribution < -0.4 is 4.90 Å². The predicted molar refractivity (Wildman–Crippen MR) is 155 cm³/mol. The number of rotatable bonds is 4. The molecule has 4 aromatic carbocycles. The number of anilines is 1. The fraction of sp³-hybridized carbons (Fsp3) is 0.176. The molecule has 4 aromatic rings. The second-order valence-electron chi connectivity index (χ2n) is 11.7. The maximum Gasteiger partial charge on any atom is 0.417 e. The van der Waals surface area contributed by atoms with E-state index < -0.39 is 115 Å². The van der Waals surface area contributed by atoms with Gasteiger partial charge in [-0.2, -0.15) is 52.7 Å². The van der Waals surface area contributed by atoms with Crippen molar-refractivity contribution < 1.29 is 71.9 Å². The van der Waals surface area contributed by atoms with Gasteiger partial charge in [-0.15, -0.1) is 0 Å². The van der Waals surface area contributed by atoms with E-state index in [0.717, 1.165) is 25.2 Å². The van der Waals surface area contributed by atoms with Gasteiger partial charge in [0.2, 0.25) is 5.41 Å². The number of amides is 4. The lowest BCUT2D eigenvalue weighted by Gasteiger charge is -2.38. The van der Waals surface area contributed by atoms with Gasteiger partial charge >= 0.3 is 24.7 Å². The summed E-state index contributed by atoms with van der Waals surface area (Å²) >= 11 is 0. The zero-order valence-electron chi connectivity index (χ0n) is 25.6. The Morgan fingerprint density at radius 2 is 0.865 bits per heavy atom. The van der Waals surface area contributed by atoms with Gasteiger partial charge in [0.15, 0.2) is 0 Å². The van der Waals surface area contributed by atoms with Crippen molar-refractivity contribution in [2.45, 2.75) is 30.1 Å². The first kappa shape index (κ1) is 36.1. The van der Waals surface area contributed by atoms with E-state index in [4.69, 9.17) is 0 Å². The Hall–Kier alpha value is -5.68. The smallest absolute Gasteiger partial charge is 0.277 e. The molecule has 0 saturated heterocycles. The number of nitrogens with zero attached hydrogens (tertiary/aromatic N) is 2. The minimum atomic E-state index is -6.26. The number of alkyl halides is 12. The number of benzene rings is 4. The number of halogens is 12. The van der Waals surface area contributed by atoms with Gasteiger partial charge in [0.25, 0.3) is 23.6 Å². The first-order valence-corrected chi connectivity index (χ1v) is 14.4. The van der Waals surface area contributed by atoms with Crippen LogP contribution in [0.15, 0.2) is 78.9 Å². The molecule has 0 N–H and O–H groups in total. The van der Waals surface area contributed by atoms with Crippen LogP contribution in [-0.4, -0.2) is 47.9 Å². The van der Waals surface area contributed by atoms with Gasteiger partial charge in [-0.1, -0.05) is 36.4 Å². The van der Waals surface area contributed by atoms with Crippen LogP contribution in [0.2, 0.25) is 0 Å². The molecule has 0 fully saturated rings. The van der Waals surface area contributed by atoms with Gasteiger partial charge in [-0.3, -0.25) is 24.1 Å². The van der Waals surface area contributed by atoms with Crippen LogP contribution in [0.25, 0.3) is 11.1 Å². The van der Waals surface area contributed by atoms with E-state index in [1.807, 2.05) is 0 Å². The second kappa shape index (κ2) is 11.4. The van der Waals surface area contributed by atoms with E-state index in [1.165, 1.54) is 0 Å². The molecule has 2 aliphatic rings. The van der Waals surface area contributed by atoms with E-state index in [-0.39, 0.29) is 29.2 Å². The molecule has 270 valence electrons. The minimum absolute atomic E-state index is 0.0293. The van der Waals surface area contributed by atoms with Crippen LogP contribution in [0, 0.1) is 0 Å². The Morgan fingerprint density at radius 1 is 0.442 bits per heavy atom. The third-order valence-electron chi connectivity index (χ3n) is 8.78. The lowest BCUT2D eigenvalue weighted by atomic mass is 9.71. The number of carbonyl (C=O) groups is 4. The number of carbonyl (C=O) groups excluding carboxylic acids is 4. The fourth-order valence-electron chi connectivity index (χ4n) is 6.39. The zero-order valence-corrected chi connectivity index (χ0v) is 25.6. The number of fused-ring (bicyclic) bond motifs is 2. The van der Waals surface area contributed by atoms with Crippen molar-refractivity contribution in [1.82, 2.24) is 4.90 Å². The van der Waals surface area contributed by atoms with Crippen LogP contribution >= 0.6 is 0 Å². The molecule has 0 aliphatic carbocycles. The lowest BCUT2D eigenvalue weighted by Crippen LogP contribution is -2.55. The summed E-state index contributed by atoms with van der Waals surface area (Å²) in [6, 6.07) is 6.51. The Balaban J connectivity index is 1.50. The summed E-state index contributed by atoms with van der Waals surface area (Å²) in [5.74, 6) is -5.30. The Kier molecular flexibility index (Phi) is 7.93. The average Bonchev–Trinajstić information content (AvgIpc) is 3.41. The van der Waals surface area contributed by atoms with E-state index in [0.29, 0.717) is 41.3 Å². The van der Waals surface area contributed by atoms with Gasteiger partial charge in [-0.25, -0.2) is 4.90 Å². The molecule has 0 bridgehead atoms. The lowest BCUT2D eigenvalue weighted by molar-refractivity contribution is -0.288. The maximum absolute atomic E-state index is 14.9. The monoisotopic (exact) mass is 744 g/mol. The molecule has 52 heavy (non-hydrogen) atoms. The number of imide groups is 2. The topological polar surface area (TPSA) is 74.8 Å². The number of hydrogen-bond acceptors (Lipinski definition) is 4. The quantitative estimate of drug-likeness (QED) is 0.155. The van der Waals surface area contributed by atoms with Crippen molar-refractivity contribution in [2.24, 2.45) is 0 Å². The average molecular weight is 744 g/mol. The molecule has 18 heteroatoms. The predicted octanol–water partition coefficient (Wildman–Crippen LogP) is 8.83. The molecule has 0 saturated carbocycles. The minimum Gasteiger partial charge on any atom is -0.277 e. The molecule has 4 amide bonds. The molecule has 0 atom stereocenters. The summed E-state index contributed by atoms with van der Waals surface area (Å²) in [7, 11) is 0.951. The zero-order chi connectivity index (χ0) is 38.5. The van der Waals surface area contributed by atoms with Crippen molar-refractivity contribution >= 4 is 29.3 Å². The Labute approximate surface area is 282 Å². The summed E-state index contributed by atoms with van der Waals surface area (Å²) in [5.41, 5.74) is -17.4. The van der Waals surface area contributed by atoms with Crippen molar-refractivity contribution in [1.29, 1.82) is 0 Å². The maximum atomic E-state index is 14.9. The highest BCUT2D eigenvalue weighted by atomic mass is 19.4. The number of hydrogen-bond donors (Lipinski definition) is 0. The Morgan fingerprint density at radius 3 is 1.38 bits per heavy atom. The van der Waals surface area contributed by atoms with Crippen molar-refractivity contribution in [3.8, 4) is 11.1 Å². The molecule has 0 aromatic heterocycles. The highest BCUT2D eigenvalue weighted by molar-refractivity contribution is 6.34. The van der Waals surface area contributed by atoms with Crippen LogP contribution in [0.3, 0.4) is 0 Å². The summed E-state index contributed by atoms with van der Waals surface area (Å²) in [4.78, 5) is 52.1. The van der Waals surface area contributed by atoms with Crippen LogP contribution in [-0.2, 0) is 17.8 Å². The van der Waals surface area contributed by atoms with Crippen molar-refractivity contribution in [3.05, 3.63) is 123 Å². The normalized spacial score (nSPS) is 15.5. The van der Waals surface area contributed by atoms with Gasteiger partial charge in [0.05, 0.1) is 39.1 Å². The second-order valence-corrected chi connectivity index (χ2v) is 11.7. The third-order valence-corrected chi connectivity index (χ3v) is 8.78. The van der Waals surface area contributed by atoms with E-state index in [1.54, 1.807) is 0 Å². The molecule has 2 aliphatic heterocycles. The highest BCUT2D eigenvalue weighted by Gasteiger charge is 2.73. The molecule has 0 radical (unpaired) electrons. The van der Waals surface area contributed by atoms with Gasteiger partial charge in [0, 0.05) is 7.05 Å². The van der Waals surface area contributed by atoms with Crippen LogP contribution in [0.5, 0.6) is 0 Å².